The van der Waals surface area contributed by atoms with E-state index in [0.717, 1.165) is 0 Å². The summed E-state index contributed by atoms with van der Waals surface area (Å²) in [5, 5.41) is 0. The normalized spacial score (nSPS) is 23.6. The summed E-state index contributed by atoms with van der Waals surface area (Å²) < 4.78 is 0. The minimum Gasteiger partial charge on any atom is -0.0620 e. The van der Waals surface area contributed by atoms with Crippen molar-refractivity contribution in [2.45, 2.75) is 64.2 Å². The maximum atomic E-state index is 2.45. The molecule has 0 aromatic heterocycles. The predicted molar refractivity (Wildman–Crippen MR) is 84.6 cm³/mol. The molecule has 0 radical (unpaired) electrons. The fourth-order valence-corrected chi connectivity index (χ4v) is 5.06. The van der Waals surface area contributed by atoms with E-state index in [1.54, 1.807) is 44.5 Å². The van der Waals surface area contributed by atoms with E-state index in [1.807, 2.05) is 0 Å². The molecule has 102 valence electrons. The van der Waals surface area contributed by atoms with Crippen molar-refractivity contribution in [2.24, 2.45) is 0 Å². The molecule has 0 amide bonds. The molecule has 20 heavy (non-hydrogen) atoms. The van der Waals surface area contributed by atoms with Crippen LogP contribution in [0.15, 0.2) is 23.3 Å². The van der Waals surface area contributed by atoms with Crippen LogP contribution >= 0.6 is 0 Å². The Balaban J connectivity index is 1.74. The van der Waals surface area contributed by atoms with Crippen molar-refractivity contribution >= 4 is 11.1 Å². The maximum Gasteiger partial charge on any atom is -0.00548 e. The highest BCUT2D eigenvalue weighted by atomic mass is 14.4. The first-order valence-electron chi connectivity index (χ1n) is 8.49. The monoisotopic (exact) mass is 262 g/mol. The average molecular weight is 262 g/mol. The van der Waals surface area contributed by atoms with Crippen LogP contribution in [0.25, 0.3) is 11.1 Å². The first kappa shape index (κ1) is 11.4. The zero-order valence-corrected chi connectivity index (χ0v) is 12.2. The third-order valence-electron chi connectivity index (χ3n) is 5.95. The summed E-state index contributed by atoms with van der Waals surface area (Å²) in [6.07, 6.45) is 13.6. The van der Waals surface area contributed by atoms with Gasteiger partial charge in [-0.1, -0.05) is 23.3 Å². The van der Waals surface area contributed by atoms with E-state index in [1.165, 1.54) is 64.2 Å². The minimum atomic E-state index is 1.26. The van der Waals surface area contributed by atoms with Crippen molar-refractivity contribution in [2.75, 3.05) is 0 Å². The molecule has 0 spiro atoms. The third kappa shape index (κ3) is 1.43. The fraction of sp³-hybridized carbons (Fsp3) is 0.500. The van der Waals surface area contributed by atoms with Crippen molar-refractivity contribution in [1.29, 1.82) is 0 Å². The smallest absolute Gasteiger partial charge is 0.00548 e. The molecule has 0 nitrogen and oxygen atoms in total. The molecule has 0 N–H and O–H groups in total. The van der Waals surface area contributed by atoms with E-state index in [9.17, 15) is 0 Å². The van der Waals surface area contributed by atoms with Crippen LogP contribution in [-0.4, -0.2) is 0 Å². The summed E-state index contributed by atoms with van der Waals surface area (Å²) in [6, 6.07) is 4.90. The van der Waals surface area contributed by atoms with Gasteiger partial charge in [0.25, 0.3) is 0 Å². The summed E-state index contributed by atoms with van der Waals surface area (Å²) in [5.41, 5.74) is 13.8. The minimum absolute atomic E-state index is 1.26. The van der Waals surface area contributed by atoms with Gasteiger partial charge in [0.15, 0.2) is 0 Å². The lowest BCUT2D eigenvalue weighted by atomic mass is 9.85. The van der Waals surface area contributed by atoms with Crippen LogP contribution in [0.2, 0.25) is 0 Å². The van der Waals surface area contributed by atoms with Crippen LogP contribution in [0.4, 0.5) is 0 Å². The number of rotatable bonds is 0. The van der Waals surface area contributed by atoms with Gasteiger partial charge in [0.05, 0.1) is 0 Å². The molecule has 0 heteroatoms. The van der Waals surface area contributed by atoms with Crippen molar-refractivity contribution in [1.82, 2.24) is 0 Å². The Morgan fingerprint density at radius 2 is 1.00 bits per heavy atom. The average Bonchev–Trinajstić information content (AvgIpc) is 3.04. The summed E-state index contributed by atoms with van der Waals surface area (Å²) in [4.78, 5) is 0. The lowest BCUT2D eigenvalue weighted by Gasteiger charge is -2.19. The molecule has 0 saturated heterocycles. The zero-order chi connectivity index (χ0) is 13.1. The topological polar surface area (TPSA) is 0 Å². The van der Waals surface area contributed by atoms with Crippen molar-refractivity contribution in [3.8, 4) is 0 Å². The molecule has 4 aliphatic carbocycles. The van der Waals surface area contributed by atoms with Crippen LogP contribution in [0.3, 0.4) is 0 Å². The van der Waals surface area contributed by atoms with E-state index < -0.39 is 0 Å². The Kier molecular flexibility index (Phi) is 2.33. The van der Waals surface area contributed by atoms with Crippen LogP contribution in [0, 0.1) is 0 Å². The third-order valence-corrected chi connectivity index (χ3v) is 5.95. The van der Waals surface area contributed by atoms with Crippen molar-refractivity contribution < 1.29 is 0 Å². The Labute approximate surface area is 121 Å². The molecule has 0 atom stereocenters. The van der Waals surface area contributed by atoms with Gasteiger partial charge < -0.3 is 0 Å². The van der Waals surface area contributed by atoms with E-state index >= 15 is 0 Å². The van der Waals surface area contributed by atoms with Gasteiger partial charge in [0, 0.05) is 0 Å². The Morgan fingerprint density at radius 3 is 1.50 bits per heavy atom. The van der Waals surface area contributed by atoms with Crippen LogP contribution < -0.4 is 0 Å². The van der Waals surface area contributed by atoms with E-state index in [2.05, 4.69) is 12.1 Å². The van der Waals surface area contributed by atoms with E-state index in [-0.39, 0.29) is 0 Å². The van der Waals surface area contributed by atoms with Crippen LogP contribution in [0.5, 0.6) is 0 Å². The predicted octanol–water partition coefficient (Wildman–Crippen LogP) is 5.45. The van der Waals surface area contributed by atoms with E-state index in [0.29, 0.717) is 0 Å². The van der Waals surface area contributed by atoms with Crippen LogP contribution in [0.1, 0.15) is 73.6 Å². The molecule has 0 fully saturated rings. The lowest BCUT2D eigenvalue weighted by molar-refractivity contribution is 0.709. The second kappa shape index (κ2) is 4.10. The van der Waals surface area contributed by atoms with Gasteiger partial charge in [-0.3, -0.25) is 0 Å². The summed E-state index contributed by atoms with van der Waals surface area (Å²) in [5.74, 6) is 0. The number of hydrogen-bond acceptors (Lipinski definition) is 0. The molecule has 0 bridgehead atoms. The molecule has 0 saturated carbocycles. The molecule has 4 aliphatic rings. The number of allylic oxidation sites excluding steroid dienone is 4. The highest BCUT2D eigenvalue weighted by Crippen LogP contribution is 2.50. The zero-order valence-electron chi connectivity index (χ0n) is 12.2. The fourth-order valence-electron chi connectivity index (χ4n) is 5.06. The SMILES string of the molecule is c1cc2c(c3c1CC1=C3CCCC1)C1=C(CCCC1)C2. The standard InChI is InChI=1S/C20H22/c1-3-7-17-13(5-1)11-15-9-10-16-12-14-6-2-4-8-18(14)20(16)19(15)17/h9-10H,1-8,11-12H2. The highest BCUT2D eigenvalue weighted by molar-refractivity contribution is 5.90. The Hall–Kier alpha value is -1.30. The lowest BCUT2D eigenvalue weighted by Crippen LogP contribution is -1.99. The van der Waals surface area contributed by atoms with Crippen LogP contribution in [-0.2, 0) is 12.8 Å². The second-order valence-corrected chi connectivity index (χ2v) is 7.07. The molecular weight excluding hydrogens is 240 g/mol. The molecule has 0 unspecified atom stereocenters. The number of benzene rings is 1. The summed E-state index contributed by atoms with van der Waals surface area (Å²) in [6.45, 7) is 0. The van der Waals surface area contributed by atoms with Gasteiger partial charge in [-0.2, -0.15) is 0 Å². The van der Waals surface area contributed by atoms with Gasteiger partial charge in [-0.15, -0.1) is 0 Å². The number of fused-ring (bicyclic) bond motifs is 5. The van der Waals surface area contributed by atoms with Gasteiger partial charge in [0.2, 0.25) is 0 Å². The molecule has 0 aliphatic heterocycles. The van der Waals surface area contributed by atoms with Gasteiger partial charge in [-0.25, -0.2) is 0 Å². The Morgan fingerprint density at radius 1 is 0.550 bits per heavy atom. The van der Waals surface area contributed by atoms with Gasteiger partial charge in [-0.05, 0) is 97.6 Å². The van der Waals surface area contributed by atoms with Crippen molar-refractivity contribution in [3.05, 3.63) is 45.5 Å². The first-order valence-corrected chi connectivity index (χ1v) is 8.49. The highest BCUT2D eigenvalue weighted by Gasteiger charge is 2.32. The van der Waals surface area contributed by atoms with Gasteiger partial charge in [0.1, 0.15) is 0 Å². The number of hydrogen-bond donors (Lipinski definition) is 0. The maximum absolute atomic E-state index is 2.45. The van der Waals surface area contributed by atoms with E-state index in [4.69, 9.17) is 0 Å². The molecule has 1 aromatic carbocycles. The molecule has 1 aromatic rings. The largest absolute Gasteiger partial charge is 0.0620 e. The second-order valence-electron chi connectivity index (χ2n) is 7.07. The van der Waals surface area contributed by atoms with Gasteiger partial charge >= 0.3 is 0 Å². The molecular formula is C20H22. The molecule has 0 heterocycles. The quantitative estimate of drug-likeness (QED) is 0.583. The first-order chi connectivity index (χ1) is 9.92. The van der Waals surface area contributed by atoms with Crippen molar-refractivity contribution in [3.63, 3.8) is 0 Å². The molecule has 5 rings (SSSR count). The summed E-state index contributed by atoms with van der Waals surface area (Å²) in [7, 11) is 0. The Bertz CT molecular complexity index is 611. The summed E-state index contributed by atoms with van der Waals surface area (Å²) >= 11 is 0.